The number of aliphatic hydroxyl groups is 2. The first-order valence-corrected chi connectivity index (χ1v) is 5.63. The van der Waals surface area contributed by atoms with Crippen LogP contribution in [0, 0.1) is 0 Å². The Bertz CT molecular complexity index is 553. The first-order valence-electron chi connectivity index (χ1n) is 5.19. The van der Waals surface area contributed by atoms with E-state index in [9.17, 15) is 18.7 Å². The molecule has 0 radical (unpaired) electrons. The highest BCUT2D eigenvalue weighted by atomic mass is 32.1. The molecule has 0 aromatic carbocycles. The first-order chi connectivity index (χ1) is 8.78. The van der Waals surface area contributed by atoms with Crippen molar-refractivity contribution in [2.45, 2.75) is 29.3 Å². The van der Waals surface area contributed by atoms with E-state index in [2.05, 4.69) is 17.6 Å². The molecule has 0 amide bonds. The topological polar surface area (TPSA) is 111 Å². The maximum atomic E-state index is 13.8. The van der Waals surface area contributed by atoms with Crippen LogP contribution in [0.15, 0.2) is 15.9 Å². The molecule has 0 aliphatic carbocycles. The van der Waals surface area contributed by atoms with Gasteiger partial charge in [0.2, 0.25) is 6.23 Å². The maximum absolute atomic E-state index is 13.8. The van der Waals surface area contributed by atoms with E-state index in [1.807, 2.05) is 0 Å². The lowest BCUT2D eigenvalue weighted by molar-refractivity contribution is -0.141. The summed E-state index contributed by atoms with van der Waals surface area (Å²) in [5.74, 6) is -3.96. The molecule has 0 bridgehead atoms. The molecule has 1 aromatic rings. The van der Waals surface area contributed by atoms with Crippen molar-refractivity contribution in [2.75, 3.05) is 12.3 Å². The molecule has 1 fully saturated rings. The molecule has 19 heavy (non-hydrogen) atoms. The number of anilines is 1. The Hall–Kier alpha value is -1.23. The minimum absolute atomic E-state index is 0.0148. The number of nitrogens with two attached hydrogens (primary N) is 1. The number of ether oxygens (including phenoxy) is 1. The fraction of sp³-hybridized carbons (Fsp3) is 0.556. The fourth-order valence-corrected chi connectivity index (χ4v) is 1.93. The summed E-state index contributed by atoms with van der Waals surface area (Å²) in [6.45, 7) is -0.807. The smallest absolute Gasteiger partial charge is 0.351 e. The highest BCUT2D eigenvalue weighted by Gasteiger charge is 2.59. The van der Waals surface area contributed by atoms with Gasteiger partial charge in [-0.05, 0) is 0 Å². The highest BCUT2D eigenvalue weighted by Crippen LogP contribution is 2.42. The van der Waals surface area contributed by atoms with Crippen LogP contribution in [-0.2, 0) is 4.74 Å². The van der Waals surface area contributed by atoms with Crippen LogP contribution in [0.4, 0.5) is 14.6 Å². The zero-order valence-electron chi connectivity index (χ0n) is 9.40. The highest BCUT2D eigenvalue weighted by molar-refractivity contribution is 7.80. The summed E-state index contributed by atoms with van der Waals surface area (Å²) in [7, 11) is 0. The second-order valence-electron chi connectivity index (χ2n) is 4.03. The van der Waals surface area contributed by atoms with E-state index in [0.717, 1.165) is 6.20 Å². The van der Waals surface area contributed by atoms with Gasteiger partial charge in [0.05, 0.1) is 11.5 Å². The number of rotatable bonds is 2. The van der Waals surface area contributed by atoms with Gasteiger partial charge in [0.25, 0.3) is 0 Å². The van der Waals surface area contributed by atoms with Crippen molar-refractivity contribution in [1.82, 2.24) is 9.55 Å². The second-order valence-corrected chi connectivity index (χ2v) is 4.51. The van der Waals surface area contributed by atoms with Crippen LogP contribution in [-0.4, -0.2) is 44.5 Å². The van der Waals surface area contributed by atoms with Gasteiger partial charge < -0.3 is 20.7 Å². The van der Waals surface area contributed by atoms with Crippen molar-refractivity contribution < 1.29 is 23.7 Å². The van der Waals surface area contributed by atoms with Crippen molar-refractivity contribution in [3.8, 4) is 0 Å². The Morgan fingerprint density at radius 2 is 2.26 bits per heavy atom. The zero-order valence-corrected chi connectivity index (χ0v) is 10.3. The van der Waals surface area contributed by atoms with Crippen molar-refractivity contribution in [1.29, 1.82) is 0 Å². The molecule has 1 aliphatic heterocycles. The van der Waals surface area contributed by atoms with Crippen LogP contribution >= 0.6 is 12.6 Å². The Labute approximate surface area is 111 Å². The molecule has 2 rings (SSSR count). The van der Waals surface area contributed by atoms with Gasteiger partial charge in [-0.25, -0.2) is 4.79 Å². The van der Waals surface area contributed by atoms with E-state index >= 15 is 0 Å². The van der Waals surface area contributed by atoms with Crippen LogP contribution < -0.4 is 11.4 Å². The van der Waals surface area contributed by atoms with Crippen molar-refractivity contribution >= 4 is 18.4 Å². The SMILES string of the molecule is Nc1nc(=O)n(C2OC(CO)C(O)C2(F)F)cc1S. The van der Waals surface area contributed by atoms with E-state index in [4.69, 9.17) is 15.6 Å². The van der Waals surface area contributed by atoms with Crippen molar-refractivity contribution in [2.24, 2.45) is 0 Å². The number of aromatic nitrogens is 2. The van der Waals surface area contributed by atoms with Gasteiger partial charge >= 0.3 is 11.6 Å². The molecule has 2 heterocycles. The molecular weight excluding hydrogens is 284 g/mol. The molecule has 3 atom stereocenters. The average molecular weight is 295 g/mol. The summed E-state index contributed by atoms with van der Waals surface area (Å²) >= 11 is 3.87. The van der Waals surface area contributed by atoms with E-state index in [-0.39, 0.29) is 10.7 Å². The molecule has 7 nitrogen and oxygen atoms in total. The lowest BCUT2D eigenvalue weighted by Gasteiger charge is -2.21. The lowest BCUT2D eigenvalue weighted by atomic mass is 10.1. The van der Waals surface area contributed by atoms with Crippen molar-refractivity contribution in [3.63, 3.8) is 0 Å². The van der Waals surface area contributed by atoms with Gasteiger partial charge in [0.1, 0.15) is 11.9 Å². The normalized spacial score (nSPS) is 29.6. The van der Waals surface area contributed by atoms with Crippen LogP contribution in [0.1, 0.15) is 6.23 Å². The van der Waals surface area contributed by atoms with E-state index in [1.165, 1.54) is 0 Å². The van der Waals surface area contributed by atoms with Crippen LogP contribution in [0.3, 0.4) is 0 Å². The number of thiol groups is 1. The maximum Gasteiger partial charge on any atom is 0.351 e. The summed E-state index contributed by atoms with van der Waals surface area (Å²) in [5, 5.41) is 18.2. The lowest BCUT2D eigenvalue weighted by Crippen LogP contribution is -2.41. The molecule has 0 saturated carbocycles. The van der Waals surface area contributed by atoms with E-state index in [0.29, 0.717) is 4.57 Å². The molecular formula is C9H11F2N3O4S. The summed E-state index contributed by atoms with van der Waals surface area (Å²) in [6.07, 6.45) is -4.85. The third-order valence-electron chi connectivity index (χ3n) is 2.77. The third kappa shape index (κ3) is 2.20. The van der Waals surface area contributed by atoms with Crippen LogP contribution in [0.2, 0.25) is 0 Å². The summed E-state index contributed by atoms with van der Waals surface area (Å²) in [5.41, 5.74) is 4.25. The predicted octanol–water partition coefficient (Wildman–Crippen LogP) is -1.000. The monoisotopic (exact) mass is 295 g/mol. The van der Waals surface area contributed by atoms with Gasteiger partial charge in [-0.3, -0.25) is 4.57 Å². The Morgan fingerprint density at radius 1 is 1.63 bits per heavy atom. The van der Waals surface area contributed by atoms with Gasteiger partial charge in [-0.15, -0.1) is 12.6 Å². The van der Waals surface area contributed by atoms with Gasteiger partial charge in [0, 0.05) is 6.20 Å². The van der Waals surface area contributed by atoms with Crippen LogP contribution in [0.5, 0.6) is 0 Å². The quantitative estimate of drug-likeness (QED) is 0.521. The summed E-state index contributed by atoms with van der Waals surface area (Å²) in [6, 6.07) is 0. The molecule has 106 valence electrons. The minimum atomic E-state index is -3.75. The van der Waals surface area contributed by atoms with Crippen LogP contribution in [0.25, 0.3) is 0 Å². The zero-order chi connectivity index (χ0) is 14.4. The number of nitrogens with zero attached hydrogens (tertiary/aromatic N) is 2. The number of aliphatic hydroxyl groups excluding tert-OH is 2. The van der Waals surface area contributed by atoms with Crippen molar-refractivity contribution in [3.05, 3.63) is 16.7 Å². The molecule has 1 aromatic heterocycles. The Balaban J connectivity index is 2.48. The Morgan fingerprint density at radius 3 is 2.79 bits per heavy atom. The first kappa shape index (κ1) is 14.2. The molecule has 4 N–H and O–H groups in total. The molecule has 10 heteroatoms. The minimum Gasteiger partial charge on any atom is -0.394 e. The van der Waals surface area contributed by atoms with Gasteiger partial charge in [-0.2, -0.15) is 13.8 Å². The Kier molecular flexibility index (Phi) is 3.51. The predicted molar refractivity (Wildman–Crippen MR) is 62.1 cm³/mol. The number of alkyl halides is 2. The van der Waals surface area contributed by atoms with Gasteiger partial charge in [0.15, 0.2) is 6.10 Å². The summed E-state index contributed by atoms with van der Waals surface area (Å²) in [4.78, 5) is 14.9. The molecule has 0 spiro atoms. The second kappa shape index (κ2) is 4.71. The standard InChI is InChI=1S/C9H11F2N3O4S/c10-9(11)5(16)3(2-15)18-7(9)14-1-4(19)6(12)13-8(14)17/h1,3,5,7,15-16,19H,2H2,(H2,12,13,17). The molecule has 3 unspecified atom stereocenters. The molecule has 1 saturated heterocycles. The molecule has 1 aliphatic rings. The fourth-order valence-electron chi connectivity index (χ4n) is 1.76. The number of nitrogen functional groups attached to an aromatic ring is 1. The number of hydrogen-bond donors (Lipinski definition) is 4. The third-order valence-corrected chi connectivity index (χ3v) is 3.12. The van der Waals surface area contributed by atoms with E-state index < -0.39 is 36.7 Å². The largest absolute Gasteiger partial charge is 0.394 e. The number of hydrogen-bond acceptors (Lipinski definition) is 7. The summed E-state index contributed by atoms with van der Waals surface area (Å²) < 4.78 is 32.9. The van der Waals surface area contributed by atoms with E-state index in [1.54, 1.807) is 0 Å². The van der Waals surface area contributed by atoms with Gasteiger partial charge in [-0.1, -0.05) is 0 Å². The number of halogens is 2. The average Bonchev–Trinajstić information content (AvgIpc) is 2.56.